The molecule has 1 aliphatic rings. The minimum atomic E-state index is -0.415. The van der Waals surface area contributed by atoms with Gasteiger partial charge in [-0.2, -0.15) is 0 Å². The van der Waals surface area contributed by atoms with Gasteiger partial charge in [-0.1, -0.05) is 200 Å². The Morgan fingerprint density at radius 1 is 0.279 bits per heavy atom. The number of nitrogens with zero attached hydrogens (tertiary/aromatic N) is 4. The molecule has 8 aromatic carbocycles. The topological polar surface area (TPSA) is 51.6 Å². The van der Waals surface area contributed by atoms with Gasteiger partial charge in [-0.15, -0.1) is 0 Å². The van der Waals surface area contributed by atoms with Crippen LogP contribution in [0.25, 0.3) is 78.8 Å². The summed E-state index contributed by atoms with van der Waals surface area (Å²) in [7, 11) is 0. The fourth-order valence-electron chi connectivity index (χ4n) is 8.98. The second-order valence-corrected chi connectivity index (χ2v) is 15.4. The van der Waals surface area contributed by atoms with Crippen molar-refractivity contribution in [1.29, 1.82) is 0 Å². The molecular weight excluding hydrogens is 741 g/mol. The lowest BCUT2D eigenvalue weighted by atomic mass is 9.67. The van der Waals surface area contributed by atoms with Gasteiger partial charge in [-0.3, -0.25) is 4.98 Å². The average Bonchev–Trinajstić information content (AvgIpc) is 3.65. The molecule has 4 heteroatoms. The summed E-state index contributed by atoms with van der Waals surface area (Å²) in [6.07, 6.45) is 1.84. The van der Waals surface area contributed by atoms with E-state index in [1.165, 1.54) is 44.5 Å². The first-order chi connectivity index (χ1) is 30.2. The van der Waals surface area contributed by atoms with Gasteiger partial charge in [0.2, 0.25) is 0 Å². The molecule has 0 spiro atoms. The molecule has 11 rings (SSSR count). The Hall–Kier alpha value is -8.08. The summed E-state index contributed by atoms with van der Waals surface area (Å²) < 4.78 is 0. The molecule has 0 atom stereocenters. The van der Waals surface area contributed by atoms with E-state index in [1.54, 1.807) is 0 Å². The quantitative estimate of drug-likeness (QED) is 0.154. The highest BCUT2D eigenvalue weighted by Crippen LogP contribution is 2.56. The lowest BCUT2D eigenvalue weighted by Gasteiger charge is -2.33. The lowest BCUT2D eigenvalue weighted by Crippen LogP contribution is -2.28. The van der Waals surface area contributed by atoms with Crippen LogP contribution in [0.1, 0.15) is 22.3 Å². The Morgan fingerprint density at radius 2 is 0.721 bits per heavy atom. The first-order valence-corrected chi connectivity index (χ1v) is 20.6. The van der Waals surface area contributed by atoms with E-state index in [1.807, 2.05) is 66.9 Å². The number of pyridine rings is 1. The van der Waals surface area contributed by atoms with Gasteiger partial charge in [0, 0.05) is 28.5 Å². The van der Waals surface area contributed by atoms with E-state index in [4.69, 9.17) is 19.9 Å². The summed E-state index contributed by atoms with van der Waals surface area (Å²) in [5.74, 6) is 1.80. The summed E-state index contributed by atoms with van der Waals surface area (Å²) in [5.41, 5.74) is 16.5. The molecular formula is C57H38N4. The fourth-order valence-corrected chi connectivity index (χ4v) is 8.98. The van der Waals surface area contributed by atoms with Crippen molar-refractivity contribution in [2.45, 2.75) is 5.41 Å². The van der Waals surface area contributed by atoms with E-state index in [2.05, 4.69) is 164 Å². The largest absolute Gasteiger partial charge is 0.255 e. The molecule has 0 saturated heterocycles. The van der Waals surface area contributed by atoms with Crippen molar-refractivity contribution in [2.24, 2.45) is 0 Å². The van der Waals surface area contributed by atoms with Crippen LogP contribution in [0.4, 0.5) is 0 Å². The smallest absolute Gasteiger partial charge is 0.165 e. The van der Waals surface area contributed by atoms with E-state index >= 15 is 0 Å². The minimum absolute atomic E-state index is 0.415. The Balaban J connectivity index is 0.942. The number of benzene rings is 8. The van der Waals surface area contributed by atoms with Crippen LogP contribution >= 0.6 is 0 Å². The third kappa shape index (κ3) is 6.42. The molecule has 0 unspecified atom stereocenters. The summed E-state index contributed by atoms with van der Waals surface area (Å²) >= 11 is 0. The molecule has 0 aliphatic heterocycles. The van der Waals surface area contributed by atoms with Crippen LogP contribution < -0.4 is 0 Å². The van der Waals surface area contributed by atoms with Gasteiger partial charge in [-0.05, 0) is 79.9 Å². The van der Waals surface area contributed by atoms with Gasteiger partial charge in [0.15, 0.2) is 17.5 Å². The van der Waals surface area contributed by atoms with Crippen molar-refractivity contribution < 1.29 is 0 Å². The zero-order chi connectivity index (χ0) is 40.6. The SMILES string of the molecule is c1ccc(-c2ccc(-c3nc(-c4ccccc4)nc(-c4ccc(-c5cccc(-c6ccc7c(c6)-c6ccccc6C7(c6ccccc6)c6ccccc6)c5)cc4)n3)cn2)cc1. The van der Waals surface area contributed by atoms with Gasteiger partial charge in [-0.25, -0.2) is 15.0 Å². The average molecular weight is 779 g/mol. The Labute approximate surface area is 355 Å². The van der Waals surface area contributed by atoms with Gasteiger partial charge < -0.3 is 0 Å². The van der Waals surface area contributed by atoms with Gasteiger partial charge >= 0.3 is 0 Å². The maximum absolute atomic E-state index is 4.99. The summed E-state index contributed by atoms with van der Waals surface area (Å²) in [5, 5.41) is 0. The molecule has 0 N–H and O–H groups in total. The van der Waals surface area contributed by atoms with Crippen LogP contribution in [0.2, 0.25) is 0 Å². The second kappa shape index (κ2) is 15.3. The minimum Gasteiger partial charge on any atom is -0.255 e. The molecule has 0 amide bonds. The molecule has 0 fully saturated rings. The molecule has 1 aliphatic carbocycles. The highest BCUT2D eigenvalue weighted by Gasteiger charge is 2.45. The Kier molecular flexibility index (Phi) is 9.02. The van der Waals surface area contributed by atoms with Crippen molar-refractivity contribution >= 4 is 0 Å². The normalized spacial score (nSPS) is 12.4. The molecule has 0 bridgehead atoms. The molecule has 61 heavy (non-hydrogen) atoms. The number of rotatable bonds is 8. The number of hydrogen-bond acceptors (Lipinski definition) is 4. The van der Waals surface area contributed by atoms with Crippen LogP contribution in [0.3, 0.4) is 0 Å². The van der Waals surface area contributed by atoms with Crippen molar-refractivity contribution in [3.63, 3.8) is 0 Å². The zero-order valence-corrected chi connectivity index (χ0v) is 33.2. The first kappa shape index (κ1) is 36.0. The molecule has 0 radical (unpaired) electrons. The maximum atomic E-state index is 4.99. The second-order valence-electron chi connectivity index (χ2n) is 15.4. The maximum Gasteiger partial charge on any atom is 0.165 e. The molecule has 2 heterocycles. The highest BCUT2D eigenvalue weighted by molar-refractivity contribution is 5.89. The van der Waals surface area contributed by atoms with Crippen LogP contribution in [-0.2, 0) is 5.41 Å². The molecule has 10 aromatic rings. The predicted molar refractivity (Wildman–Crippen MR) is 248 cm³/mol. The van der Waals surface area contributed by atoms with E-state index < -0.39 is 5.41 Å². The van der Waals surface area contributed by atoms with Crippen molar-refractivity contribution in [3.8, 4) is 78.8 Å². The van der Waals surface area contributed by atoms with Crippen LogP contribution in [-0.4, -0.2) is 19.9 Å². The zero-order valence-electron chi connectivity index (χ0n) is 33.2. The summed E-state index contributed by atoms with van der Waals surface area (Å²) in [6, 6.07) is 79.5. The summed E-state index contributed by atoms with van der Waals surface area (Å²) in [6.45, 7) is 0. The van der Waals surface area contributed by atoms with Crippen molar-refractivity contribution in [2.75, 3.05) is 0 Å². The van der Waals surface area contributed by atoms with Crippen molar-refractivity contribution in [1.82, 2.24) is 19.9 Å². The van der Waals surface area contributed by atoms with E-state index in [0.29, 0.717) is 17.5 Å². The number of fused-ring (bicyclic) bond motifs is 3. The van der Waals surface area contributed by atoms with Crippen molar-refractivity contribution in [3.05, 3.63) is 253 Å². The number of aromatic nitrogens is 4. The van der Waals surface area contributed by atoms with E-state index in [9.17, 15) is 0 Å². The fraction of sp³-hybridized carbons (Fsp3) is 0.0175. The van der Waals surface area contributed by atoms with E-state index in [0.717, 1.165) is 39.1 Å². The third-order valence-electron chi connectivity index (χ3n) is 11.9. The third-order valence-corrected chi connectivity index (χ3v) is 11.9. The molecule has 2 aromatic heterocycles. The Morgan fingerprint density at radius 3 is 1.34 bits per heavy atom. The monoisotopic (exact) mass is 778 g/mol. The highest BCUT2D eigenvalue weighted by atomic mass is 15.0. The Bertz CT molecular complexity index is 3110. The summed E-state index contributed by atoms with van der Waals surface area (Å²) in [4.78, 5) is 19.6. The molecule has 286 valence electrons. The lowest BCUT2D eigenvalue weighted by molar-refractivity contribution is 0.768. The molecule has 0 saturated carbocycles. The van der Waals surface area contributed by atoms with Crippen LogP contribution in [0.15, 0.2) is 231 Å². The van der Waals surface area contributed by atoms with E-state index in [-0.39, 0.29) is 0 Å². The van der Waals surface area contributed by atoms with Crippen LogP contribution in [0, 0.1) is 0 Å². The van der Waals surface area contributed by atoms with Gasteiger partial charge in [0.25, 0.3) is 0 Å². The van der Waals surface area contributed by atoms with Gasteiger partial charge in [0.1, 0.15) is 0 Å². The first-order valence-electron chi connectivity index (χ1n) is 20.6. The molecule has 4 nitrogen and oxygen atoms in total. The predicted octanol–water partition coefficient (Wildman–Crippen LogP) is 13.6. The standard InChI is InChI=1S/C57H38N4/c1-5-16-40(17-6-1)53-35-33-46(38-58-53)56-60-54(41-18-7-2-8-19-41)59-55(61-56)42-30-28-39(29-31-42)43-20-15-21-44(36-43)45-32-34-52-50(37-45)49-26-13-14-27-51(49)57(52,47-22-9-3-10-23-47)48-24-11-4-12-25-48/h1-38H. The van der Waals surface area contributed by atoms with Crippen LogP contribution in [0.5, 0.6) is 0 Å². The van der Waals surface area contributed by atoms with Gasteiger partial charge in [0.05, 0.1) is 11.1 Å². The number of hydrogen-bond donors (Lipinski definition) is 0.